The Hall–Kier alpha value is -1.69. The van der Waals surface area contributed by atoms with E-state index in [-0.39, 0.29) is 12.0 Å². The second kappa shape index (κ2) is 5.77. The van der Waals surface area contributed by atoms with Gasteiger partial charge in [0.05, 0.1) is 6.10 Å². The van der Waals surface area contributed by atoms with E-state index in [1.807, 2.05) is 6.92 Å². The molecule has 0 atom stereocenters. The molecule has 0 aromatic carbocycles. The first kappa shape index (κ1) is 12.8. The van der Waals surface area contributed by atoms with Gasteiger partial charge in [-0.2, -0.15) is 0 Å². The van der Waals surface area contributed by atoms with E-state index in [1.165, 1.54) is 0 Å². The van der Waals surface area contributed by atoms with Crippen molar-refractivity contribution in [1.29, 1.82) is 0 Å². The average Bonchev–Trinajstić information content (AvgIpc) is 2.40. The van der Waals surface area contributed by atoms with E-state index in [2.05, 4.69) is 10.2 Å². The molecule has 2 N–H and O–H groups in total. The molecule has 1 aromatic rings. The van der Waals surface area contributed by atoms with Gasteiger partial charge in [-0.25, -0.2) is 0 Å². The van der Waals surface area contributed by atoms with Gasteiger partial charge in [0.2, 0.25) is 0 Å². The SMILES string of the molecule is CCOC1CCN(C(=O)c2ccc(N)nn2)CC1. The summed E-state index contributed by atoms with van der Waals surface area (Å²) in [6.45, 7) is 4.12. The minimum atomic E-state index is -0.0857. The van der Waals surface area contributed by atoms with Crippen molar-refractivity contribution in [3.05, 3.63) is 17.8 Å². The highest BCUT2D eigenvalue weighted by Crippen LogP contribution is 2.15. The summed E-state index contributed by atoms with van der Waals surface area (Å²) in [4.78, 5) is 13.9. The van der Waals surface area contributed by atoms with E-state index in [0.717, 1.165) is 19.4 Å². The second-order valence-corrected chi connectivity index (χ2v) is 4.29. The minimum absolute atomic E-state index is 0.0857. The smallest absolute Gasteiger partial charge is 0.274 e. The summed E-state index contributed by atoms with van der Waals surface area (Å²) < 4.78 is 5.55. The summed E-state index contributed by atoms with van der Waals surface area (Å²) in [5, 5.41) is 7.51. The summed E-state index contributed by atoms with van der Waals surface area (Å²) in [5.41, 5.74) is 5.79. The standard InChI is InChI=1S/C12H18N4O2/c1-2-18-9-5-7-16(8-6-9)12(17)10-3-4-11(13)15-14-10/h3-4,9H,2,5-8H2,1H3,(H2,13,15). The molecule has 0 saturated carbocycles. The van der Waals surface area contributed by atoms with E-state index >= 15 is 0 Å². The zero-order valence-corrected chi connectivity index (χ0v) is 10.5. The maximum Gasteiger partial charge on any atom is 0.274 e. The van der Waals surface area contributed by atoms with Gasteiger partial charge in [0.15, 0.2) is 5.69 Å². The van der Waals surface area contributed by atoms with Gasteiger partial charge in [0.25, 0.3) is 5.91 Å². The Balaban J connectivity index is 1.93. The molecular weight excluding hydrogens is 232 g/mol. The lowest BCUT2D eigenvalue weighted by atomic mass is 10.1. The van der Waals surface area contributed by atoms with Crippen molar-refractivity contribution >= 4 is 11.7 Å². The van der Waals surface area contributed by atoms with Gasteiger partial charge in [-0.05, 0) is 31.9 Å². The minimum Gasteiger partial charge on any atom is -0.382 e. The Morgan fingerprint density at radius 3 is 2.72 bits per heavy atom. The van der Waals surface area contributed by atoms with Crippen molar-refractivity contribution in [2.75, 3.05) is 25.4 Å². The number of ether oxygens (including phenoxy) is 1. The predicted octanol–water partition coefficient (Wildman–Crippen LogP) is 0.700. The van der Waals surface area contributed by atoms with E-state index < -0.39 is 0 Å². The van der Waals surface area contributed by atoms with Crippen molar-refractivity contribution in [3.63, 3.8) is 0 Å². The van der Waals surface area contributed by atoms with Gasteiger partial charge in [-0.15, -0.1) is 10.2 Å². The fourth-order valence-corrected chi connectivity index (χ4v) is 2.08. The molecule has 18 heavy (non-hydrogen) atoms. The summed E-state index contributed by atoms with van der Waals surface area (Å²) in [6.07, 6.45) is 2.03. The molecule has 0 bridgehead atoms. The van der Waals surface area contributed by atoms with E-state index in [4.69, 9.17) is 10.5 Å². The molecule has 2 heterocycles. The fourth-order valence-electron chi connectivity index (χ4n) is 2.08. The number of nitrogens with zero attached hydrogens (tertiary/aromatic N) is 3. The lowest BCUT2D eigenvalue weighted by molar-refractivity contribution is 0.0144. The average molecular weight is 250 g/mol. The Bertz CT molecular complexity index is 399. The normalized spacial score (nSPS) is 16.8. The van der Waals surface area contributed by atoms with Crippen LogP contribution < -0.4 is 5.73 Å². The van der Waals surface area contributed by atoms with Crippen molar-refractivity contribution in [1.82, 2.24) is 15.1 Å². The van der Waals surface area contributed by atoms with Crippen molar-refractivity contribution in [3.8, 4) is 0 Å². The van der Waals surface area contributed by atoms with Gasteiger partial charge in [0.1, 0.15) is 5.82 Å². The molecule has 98 valence electrons. The number of nitrogens with two attached hydrogens (primary N) is 1. The molecule has 6 nitrogen and oxygen atoms in total. The molecule has 0 unspecified atom stereocenters. The monoisotopic (exact) mass is 250 g/mol. The van der Waals surface area contributed by atoms with Crippen LogP contribution in [0.2, 0.25) is 0 Å². The van der Waals surface area contributed by atoms with Crippen LogP contribution in [0.1, 0.15) is 30.3 Å². The third-order valence-electron chi connectivity index (χ3n) is 3.04. The number of likely N-dealkylation sites (tertiary alicyclic amines) is 1. The number of hydrogen-bond acceptors (Lipinski definition) is 5. The van der Waals surface area contributed by atoms with Crippen LogP contribution in [0.5, 0.6) is 0 Å². The van der Waals surface area contributed by atoms with Crippen LogP contribution in [0.15, 0.2) is 12.1 Å². The molecule has 0 spiro atoms. The quantitative estimate of drug-likeness (QED) is 0.854. The van der Waals surface area contributed by atoms with Crippen molar-refractivity contribution in [2.45, 2.75) is 25.9 Å². The number of amides is 1. The largest absolute Gasteiger partial charge is 0.382 e. The Morgan fingerprint density at radius 1 is 1.44 bits per heavy atom. The van der Waals surface area contributed by atoms with Gasteiger partial charge in [-0.1, -0.05) is 0 Å². The van der Waals surface area contributed by atoms with E-state index in [0.29, 0.717) is 24.6 Å². The van der Waals surface area contributed by atoms with Gasteiger partial charge < -0.3 is 15.4 Å². The van der Waals surface area contributed by atoms with Crippen molar-refractivity contribution < 1.29 is 9.53 Å². The Morgan fingerprint density at radius 2 is 2.17 bits per heavy atom. The first-order valence-electron chi connectivity index (χ1n) is 6.20. The van der Waals surface area contributed by atoms with Crippen LogP contribution in [0.3, 0.4) is 0 Å². The molecule has 1 aliphatic rings. The number of piperidine rings is 1. The maximum atomic E-state index is 12.1. The van der Waals surface area contributed by atoms with E-state index in [9.17, 15) is 4.79 Å². The third-order valence-corrected chi connectivity index (χ3v) is 3.04. The summed E-state index contributed by atoms with van der Waals surface area (Å²) >= 11 is 0. The lowest BCUT2D eigenvalue weighted by Gasteiger charge is -2.31. The lowest BCUT2D eigenvalue weighted by Crippen LogP contribution is -2.41. The first-order valence-corrected chi connectivity index (χ1v) is 6.20. The molecule has 1 aromatic heterocycles. The zero-order valence-electron chi connectivity index (χ0n) is 10.5. The number of anilines is 1. The molecule has 1 amide bonds. The summed E-state index contributed by atoms with van der Waals surface area (Å²) in [7, 11) is 0. The number of aromatic nitrogens is 2. The molecule has 1 saturated heterocycles. The van der Waals surface area contributed by atoms with Gasteiger partial charge >= 0.3 is 0 Å². The Kier molecular flexibility index (Phi) is 4.09. The number of carbonyl (C=O) groups is 1. The van der Waals surface area contributed by atoms with Crippen LogP contribution in [-0.4, -0.2) is 46.8 Å². The predicted molar refractivity (Wildman–Crippen MR) is 67.0 cm³/mol. The van der Waals surface area contributed by atoms with Crippen LogP contribution in [-0.2, 0) is 4.74 Å². The fraction of sp³-hybridized carbons (Fsp3) is 0.583. The maximum absolute atomic E-state index is 12.1. The number of carbonyl (C=O) groups excluding carboxylic acids is 1. The second-order valence-electron chi connectivity index (χ2n) is 4.29. The summed E-state index contributed by atoms with van der Waals surface area (Å²) in [5.74, 6) is 0.235. The van der Waals surface area contributed by atoms with Crippen molar-refractivity contribution in [2.24, 2.45) is 0 Å². The zero-order chi connectivity index (χ0) is 13.0. The molecule has 1 fully saturated rings. The van der Waals surface area contributed by atoms with Crippen LogP contribution in [0.25, 0.3) is 0 Å². The molecule has 0 radical (unpaired) electrons. The third kappa shape index (κ3) is 2.95. The number of rotatable bonds is 3. The highest BCUT2D eigenvalue weighted by atomic mass is 16.5. The number of nitrogen functional groups attached to an aromatic ring is 1. The number of hydrogen-bond donors (Lipinski definition) is 1. The highest BCUT2D eigenvalue weighted by Gasteiger charge is 2.24. The first-order chi connectivity index (χ1) is 8.70. The van der Waals surface area contributed by atoms with Crippen LogP contribution in [0, 0.1) is 0 Å². The summed E-state index contributed by atoms with van der Waals surface area (Å²) in [6, 6.07) is 3.20. The Labute approximate surface area is 106 Å². The topological polar surface area (TPSA) is 81.3 Å². The molecule has 1 aliphatic heterocycles. The van der Waals surface area contributed by atoms with Gasteiger partial charge in [0, 0.05) is 19.7 Å². The molecule has 0 aliphatic carbocycles. The van der Waals surface area contributed by atoms with E-state index in [1.54, 1.807) is 17.0 Å². The molecular formula is C12H18N4O2. The molecule has 2 rings (SSSR count). The molecule has 6 heteroatoms. The van der Waals surface area contributed by atoms with Crippen LogP contribution >= 0.6 is 0 Å². The highest BCUT2D eigenvalue weighted by molar-refractivity contribution is 5.92. The van der Waals surface area contributed by atoms with Crippen LogP contribution in [0.4, 0.5) is 5.82 Å². The van der Waals surface area contributed by atoms with Gasteiger partial charge in [-0.3, -0.25) is 4.79 Å².